The predicted molar refractivity (Wildman–Crippen MR) is 119 cm³/mol. The number of aryl methyl sites for hydroxylation is 2. The summed E-state index contributed by atoms with van der Waals surface area (Å²) in [6.07, 6.45) is -8.06. The van der Waals surface area contributed by atoms with Crippen LogP contribution in [0.1, 0.15) is 22.3 Å². The second-order valence-corrected chi connectivity index (χ2v) is 8.44. The van der Waals surface area contributed by atoms with Gasteiger partial charge in [0.15, 0.2) is 0 Å². The van der Waals surface area contributed by atoms with Crippen molar-refractivity contribution in [1.82, 2.24) is 0 Å². The van der Waals surface area contributed by atoms with Gasteiger partial charge in [-0.3, -0.25) is 19.2 Å². The second-order valence-electron chi connectivity index (χ2n) is 8.44. The molecule has 12 heteroatoms. The molecule has 4 amide bonds. The van der Waals surface area contributed by atoms with Gasteiger partial charge in [0.05, 0.1) is 11.4 Å². The molecule has 0 bridgehead atoms. The molecule has 6 nitrogen and oxygen atoms in total. The van der Waals surface area contributed by atoms with Gasteiger partial charge in [0, 0.05) is 24.3 Å². The molecule has 0 spiro atoms. The van der Waals surface area contributed by atoms with E-state index in [0.29, 0.717) is 34.1 Å². The highest BCUT2D eigenvalue weighted by Crippen LogP contribution is 2.57. The monoisotopic (exact) mass is 522 g/mol. The topological polar surface area (TPSA) is 74.8 Å². The lowest BCUT2D eigenvalue weighted by molar-refractivity contribution is -0.288. The fourth-order valence-corrected chi connectivity index (χ4v) is 4.54. The van der Waals surface area contributed by atoms with Crippen LogP contribution in [0.15, 0.2) is 60.7 Å². The number of hydrogen-bond donors (Lipinski definition) is 0. The predicted octanol–water partition coefficient (Wildman–Crippen LogP) is 4.57. The van der Waals surface area contributed by atoms with Gasteiger partial charge in [-0.05, 0) is 48.2 Å². The van der Waals surface area contributed by atoms with E-state index >= 15 is 0 Å². The van der Waals surface area contributed by atoms with Crippen LogP contribution in [-0.2, 0) is 24.6 Å². The van der Waals surface area contributed by atoms with Crippen molar-refractivity contribution in [3.05, 3.63) is 83.0 Å². The Balaban J connectivity index is 1.92. The Morgan fingerprint density at radius 3 is 1.08 bits per heavy atom. The highest BCUT2D eigenvalue weighted by molar-refractivity contribution is 6.29. The molecule has 4 rings (SSSR count). The van der Waals surface area contributed by atoms with E-state index in [2.05, 4.69) is 0 Å². The Hall–Kier alpha value is -4.22. The molecule has 0 aromatic heterocycles. The summed E-state index contributed by atoms with van der Waals surface area (Å²) in [5.41, 5.74) is -7.56. The number of carbonyl (C=O) groups is 4. The molecule has 0 N–H and O–H groups in total. The summed E-state index contributed by atoms with van der Waals surface area (Å²) in [5.74, 6) is -3.15. The summed E-state index contributed by atoms with van der Waals surface area (Å²) in [7, 11) is 0. The maximum Gasteiger partial charge on any atom is 0.411 e. The Morgan fingerprint density at radius 2 is 0.838 bits per heavy atom. The summed E-state index contributed by atoms with van der Waals surface area (Å²) < 4.78 is 87.5. The maximum atomic E-state index is 14.6. The number of benzene rings is 2. The third kappa shape index (κ3) is 3.83. The summed E-state index contributed by atoms with van der Waals surface area (Å²) in [6, 6.07) is 4.12. The average molecular weight is 522 g/mol. The molecule has 2 aromatic rings. The van der Waals surface area contributed by atoms with Crippen molar-refractivity contribution in [1.29, 1.82) is 0 Å². The van der Waals surface area contributed by atoms with Gasteiger partial charge < -0.3 is 0 Å². The molecule has 0 saturated heterocycles. The molecule has 0 atom stereocenters. The van der Waals surface area contributed by atoms with Crippen LogP contribution >= 0.6 is 0 Å². The zero-order valence-electron chi connectivity index (χ0n) is 19.1. The molecule has 0 unspecified atom stereocenters. The summed E-state index contributed by atoms with van der Waals surface area (Å²) in [6.45, 7) is 2.36. The van der Waals surface area contributed by atoms with Crippen molar-refractivity contribution in [3.63, 3.8) is 0 Å². The van der Waals surface area contributed by atoms with Crippen molar-refractivity contribution in [2.75, 3.05) is 9.80 Å². The van der Waals surface area contributed by atoms with Crippen LogP contribution < -0.4 is 9.80 Å². The van der Waals surface area contributed by atoms with Crippen LogP contribution in [0.2, 0.25) is 0 Å². The van der Waals surface area contributed by atoms with E-state index in [1.807, 2.05) is 0 Å². The minimum Gasteiger partial charge on any atom is -0.269 e. The molecular formula is C25H16F6N2O4. The highest BCUT2D eigenvalue weighted by atomic mass is 19.4. The molecular weight excluding hydrogens is 506 g/mol. The number of alkyl halides is 6. The number of carbonyl (C=O) groups excluding carboxylic acids is 4. The van der Waals surface area contributed by atoms with Crippen LogP contribution in [0.3, 0.4) is 0 Å². The number of halogens is 6. The fourth-order valence-electron chi connectivity index (χ4n) is 4.54. The summed E-state index contributed by atoms with van der Waals surface area (Å²) in [4.78, 5) is 49.2. The average Bonchev–Trinajstić information content (AvgIpc) is 3.27. The Kier molecular flexibility index (Phi) is 5.89. The van der Waals surface area contributed by atoms with Crippen LogP contribution in [0.25, 0.3) is 0 Å². The van der Waals surface area contributed by atoms with E-state index in [0.717, 1.165) is 36.4 Å². The highest BCUT2D eigenvalue weighted by Gasteiger charge is 2.72. The molecule has 192 valence electrons. The van der Waals surface area contributed by atoms with Crippen molar-refractivity contribution < 1.29 is 45.5 Å². The first-order valence-electron chi connectivity index (χ1n) is 10.6. The number of imide groups is 2. The van der Waals surface area contributed by atoms with Gasteiger partial charge in [0.2, 0.25) is 5.41 Å². The van der Waals surface area contributed by atoms with E-state index in [-0.39, 0.29) is 22.5 Å². The number of amides is 4. The van der Waals surface area contributed by atoms with Gasteiger partial charge in [0.1, 0.15) is 0 Å². The first kappa shape index (κ1) is 25.9. The SMILES string of the molecule is Cc1cc(C(c2ccc(N3C(=O)C=CC3=O)c(C)c2)(C(F)(F)F)C(F)(F)F)ccc1N1C(=O)C=CC1=O. The molecule has 2 aromatic carbocycles. The first-order valence-corrected chi connectivity index (χ1v) is 10.6. The minimum atomic E-state index is -5.89. The smallest absolute Gasteiger partial charge is 0.269 e. The molecule has 0 saturated carbocycles. The first-order chi connectivity index (χ1) is 17.1. The Morgan fingerprint density at radius 1 is 0.541 bits per heavy atom. The van der Waals surface area contributed by atoms with E-state index in [1.54, 1.807) is 0 Å². The van der Waals surface area contributed by atoms with E-state index in [4.69, 9.17) is 0 Å². The standard InChI is InChI=1S/C25H16F6N2O4/c1-13-11-15(3-5-17(13)32-19(34)7-8-20(32)35)23(24(26,27)28,25(29,30)31)16-4-6-18(14(2)12-16)33-21(36)9-10-22(33)37/h3-12H,1-2H3. The minimum absolute atomic E-state index is 0.160. The van der Waals surface area contributed by atoms with Crippen molar-refractivity contribution in [3.8, 4) is 0 Å². The van der Waals surface area contributed by atoms with Gasteiger partial charge in [0.25, 0.3) is 23.6 Å². The molecule has 2 aliphatic rings. The third-order valence-corrected chi connectivity index (χ3v) is 6.21. The van der Waals surface area contributed by atoms with Crippen molar-refractivity contribution in [2.24, 2.45) is 0 Å². The van der Waals surface area contributed by atoms with Gasteiger partial charge >= 0.3 is 12.4 Å². The zero-order valence-corrected chi connectivity index (χ0v) is 19.1. The molecule has 0 fully saturated rings. The normalized spacial score (nSPS) is 16.5. The van der Waals surface area contributed by atoms with E-state index in [1.165, 1.54) is 13.8 Å². The number of hydrogen-bond acceptors (Lipinski definition) is 4. The van der Waals surface area contributed by atoms with Crippen molar-refractivity contribution >= 4 is 35.0 Å². The van der Waals surface area contributed by atoms with Crippen molar-refractivity contribution in [2.45, 2.75) is 31.6 Å². The third-order valence-electron chi connectivity index (χ3n) is 6.21. The van der Waals surface area contributed by atoms with Crippen LogP contribution in [-0.4, -0.2) is 36.0 Å². The zero-order chi connectivity index (χ0) is 27.5. The van der Waals surface area contributed by atoms with Gasteiger partial charge in [-0.15, -0.1) is 0 Å². The van der Waals surface area contributed by atoms with Crippen LogP contribution in [0.4, 0.5) is 37.7 Å². The lowest BCUT2D eigenvalue weighted by Gasteiger charge is -2.39. The second kappa shape index (κ2) is 8.43. The maximum absolute atomic E-state index is 14.6. The largest absolute Gasteiger partial charge is 0.411 e. The molecule has 2 aliphatic heterocycles. The van der Waals surface area contributed by atoms with Crippen LogP contribution in [0, 0.1) is 13.8 Å². The van der Waals surface area contributed by atoms with Gasteiger partial charge in [-0.2, -0.15) is 26.3 Å². The van der Waals surface area contributed by atoms with E-state index < -0.39 is 52.5 Å². The Labute approximate surface area is 205 Å². The lowest BCUT2D eigenvalue weighted by atomic mass is 9.72. The number of rotatable bonds is 4. The molecule has 2 heterocycles. The van der Waals surface area contributed by atoms with Gasteiger partial charge in [-0.1, -0.05) is 24.3 Å². The number of anilines is 2. The quantitative estimate of drug-likeness (QED) is 0.436. The van der Waals surface area contributed by atoms with E-state index in [9.17, 15) is 45.5 Å². The molecule has 37 heavy (non-hydrogen) atoms. The summed E-state index contributed by atoms with van der Waals surface area (Å²) >= 11 is 0. The number of nitrogens with zero attached hydrogens (tertiary/aromatic N) is 2. The molecule has 0 radical (unpaired) electrons. The lowest BCUT2D eigenvalue weighted by Crippen LogP contribution is -2.55. The van der Waals surface area contributed by atoms with Crippen LogP contribution in [0.5, 0.6) is 0 Å². The molecule has 0 aliphatic carbocycles. The fraction of sp³-hybridized carbons (Fsp3) is 0.200. The summed E-state index contributed by atoms with van der Waals surface area (Å²) in [5, 5.41) is 0. The Bertz CT molecular complexity index is 1280. The van der Waals surface area contributed by atoms with Gasteiger partial charge in [-0.25, -0.2) is 9.80 Å².